The molecule has 160 valence electrons. The van der Waals surface area contributed by atoms with Gasteiger partial charge >= 0.3 is 6.09 Å². The van der Waals surface area contributed by atoms with Crippen molar-refractivity contribution in [3.8, 4) is 5.75 Å². The van der Waals surface area contributed by atoms with Crippen LogP contribution in [-0.4, -0.2) is 60.8 Å². The number of methoxy groups -OCH3 is 1. The molecule has 1 saturated carbocycles. The Hall–Kier alpha value is -2.87. The standard InChI is InChI=1S/C22H28N4O4/c1-14-9-20(18-10-16(29-2)7-8-19(18)24-14)25-21(27)13-26-12-17(30-22(26)28)11-23-15-5-3-4-6-15/h7-10,15,17,23H,3-6,11-13H2,1-2H3,(H,24,25,27). The molecule has 1 aromatic heterocycles. The third kappa shape index (κ3) is 4.64. The van der Waals surface area contributed by atoms with Gasteiger partial charge in [0.15, 0.2) is 0 Å². The number of carbonyl (C=O) groups excluding carboxylic acids is 2. The van der Waals surface area contributed by atoms with Crippen molar-refractivity contribution >= 4 is 28.6 Å². The third-order valence-corrected chi connectivity index (χ3v) is 5.69. The lowest BCUT2D eigenvalue weighted by Gasteiger charge is -2.16. The average molecular weight is 412 g/mol. The van der Waals surface area contributed by atoms with Gasteiger partial charge in [0, 0.05) is 23.7 Å². The summed E-state index contributed by atoms with van der Waals surface area (Å²) >= 11 is 0. The molecule has 8 nitrogen and oxygen atoms in total. The van der Waals surface area contributed by atoms with Crippen molar-refractivity contribution in [1.29, 1.82) is 0 Å². The van der Waals surface area contributed by atoms with Crippen molar-refractivity contribution in [2.45, 2.75) is 44.8 Å². The normalized spacial score (nSPS) is 19.3. The number of hydrogen-bond donors (Lipinski definition) is 2. The van der Waals surface area contributed by atoms with Gasteiger partial charge in [-0.1, -0.05) is 12.8 Å². The monoisotopic (exact) mass is 412 g/mol. The number of aromatic nitrogens is 1. The average Bonchev–Trinajstić information content (AvgIpc) is 3.36. The zero-order chi connectivity index (χ0) is 21.1. The van der Waals surface area contributed by atoms with E-state index < -0.39 is 6.09 Å². The van der Waals surface area contributed by atoms with E-state index in [4.69, 9.17) is 9.47 Å². The number of pyridine rings is 1. The van der Waals surface area contributed by atoms with Crippen LogP contribution < -0.4 is 15.4 Å². The highest BCUT2D eigenvalue weighted by molar-refractivity contribution is 6.02. The van der Waals surface area contributed by atoms with E-state index in [1.165, 1.54) is 30.6 Å². The summed E-state index contributed by atoms with van der Waals surface area (Å²) < 4.78 is 10.7. The van der Waals surface area contributed by atoms with Crippen LogP contribution in [0.15, 0.2) is 24.3 Å². The lowest BCUT2D eigenvalue weighted by atomic mass is 10.1. The van der Waals surface area contributed by atoms with Gasteiger partial charge < -0.3 is 20.1 Å². The van der Waals surface area contributed by atoms with E-state index in [1.807, 2.05) is 31.2 Å². The van der Waals surface area contributed by atoms with Crippen LogP contribution in [0.25, 0.3) is 10.9 Å². The number of hydrogen-bond acceptors (Lipinski definition) is 6. The molecule has 2 amide bonds. The molecule has 8 heteroatoms. The maximum Gasteiger partial charge on any atom is 0.410 e. The Kier molecular flexibility index (Phi) is 6.03. The van der Waals surface area contributed by atoms with Crippen LogP contribution in [0, 0.1) is 6.92 Å². The number of amides is 2. The minimum atomic E-state index is -0.444. The molecular formula is C22H28N4O4. The van der Waals surface area contributed by atoms with Gasteiger partial charge in [-0.25, -0.2) is 4.79 Å². The van der Waals surface area contributed by atoms with E-state index in [1.54, 1.807) is 7.11 Å². The minimum Gasteiger partial charge on any atom is -0.497 e. The van der Waals surface area contributed by atoms with Crippen molar-refractivity contribution in [2.24, 2.45) is 0 Å². The topological polar surface area (TPSA) is 92.8 Å². The molecule has 1 aliphatic heterocycles. The van der Waals surface area contributed by atoms with Gasteiger partial charge in [0.05, 0.1) is 24.9 Å². The van der Waals surface area contributed by atoms with Gasteiger partial charge in [-0.2, -0.15) is 0 Å². The van der Waals surface area contributed by atoms with Gasteiger partial charge in [0.2, 0.25) is 5.91 Å². The van der Waals surface area contributed by atoms with Crippen molar-refractivity contribution < 1.29 is 19.1 Å². The Labute approximate surface area is 175 Å². The van der Waals surface area contributed by atoms with Crippen LogP contribution in [-0.2, 0) is 9.53 Å². The molecule has 1 atom stereocenters. The Morgan fingerprint density at radius 2 is 2.10 bits per heavy atom. The molecule has 4 rings (SSSR count). The molecule has 30 heavy (non-hydrogen) atoms. The molecule has 0 bridgehead atoms. The molecular weight excluding hydrogens is 384 g/mol. The molecule has 2 fully saturated rings. The highest BCUT2D eigenvalue weighted by atomic mass is 16.6. The van der Waals surface area contributed by atoms with Gasteiger partial charge in [-0.05, 0) is 44.0 Å². The van der Waals surface area contributed by atoms with Crippen LogP contribution in [0.1, 0.15) is 31.4 Å². The van der Waals surface area contributed by atoms with E-state index in [-0.39, 0.29) is 18.6 Å². The first kappa shape index (κ1) is 20.4. The van der Waals surface area contributed by atoms with Gasteiger partial charge in [0.25, 0.3) is 0 Å². The number of benzene rings is 1. The van der Waals surface area contributed by atoms with Gasteiger partial charge in [-0.15, -0.1) is 0 Å². The van der Waals surface area contributed by atoms with E-state index in [2.05, 4.69) is 15.6 Å². The Bertz CT molecular complexity index is 942. The molecule has 1 aliphatic carbocycles. The first-order valence-electron chi connectivity index (χ1n) is 10.5. The zero-order valence-electron chi connectivity index (χ0n) is 17.4. The maximum atomic E-state index is 12.7. The largest absolute Gasteiger partial charge is 0.497 e. The number of rotatable bonds is 7. The number of anilines is 1. The number of ether oxygens (including phenoxy) is 2. The van der Waals surface area contributed by atoms with Crippen LogP contribution in [0.2, 0.25) is 0 Å². The fourth-order valence-corrected chi connectivity index (χ4v) is 4.17. The summed E-state index contributed by atoms with van der Waals surface area (Å²) in [4.78, 5) is 30.8. The molecule has 2 heterocycles. The Balaban J connectivity index is 1.38. The lowest BCUT2D eigenvalue weighted by molar-refractivity contribution is -0.116. The van der Waals surface area contributed by atoms with Crippen molar-refractivity contribution in [3.05, 3.63) is 30.0 Å². The highest BCUT2D eigenvalue weighted by Gasteiger charge is 2.33. The number of nitrogens with zero attached hydrogens (tertiary/aromatic N) is 2. The lowest BCUT2D eigenvalue weighted by Crippen LogP contribution is -2.37. The predicted octanol–water partition coefficient (Wildman–Crippen LogP) is 2.84. The molecule has 2 aliphatic rings. The number of carbonyl (C=O) groups is 2. The van der Waals surface area contributed by atoms with Gasteiger partial charge in [-0.3, -0.25) is 14.7 Å². The van der Waals surface area contributed by atoms with Crippen LogP contribution >= 0.6 is 0 Å². The molecule has 2 aromatic rings. The zero-order valence-corrected chi connectivity index (χ0v) is 17.4. The summed E-state index contributed by atoms with van der Waals surface area (Å²) in [6.07, 6.45) is 4.20. The quantitative estimate of drug-likeness (QED) is 0.727. The second-order valence-electron chi connectivity index (χ2n) is 8.02. The van der Waals surface area contributed by atoms with Crippen LogP contribution in [0.5, 0.6) is 5.75 Å². The third-order valence-electron chi connectivity index (χ3n) is 5.69. The van der Waals surface area contributed by atoms with Gasteiger partial charge in [0.1, 0.15) is 18.4 Å². The van der Waals surface area contributed by atoms with Crippen molar-refractivity contribution in [3.63, 3.8) is 0 Å². The van der Waals surface area contributed by atoms with E-state index in [0.717, 1.165) is 16.6 Å². The first-order chi connectivity index (χ1) is 14.5. The maximum absolute atomic E-state index is 12.7. The SMILES string of the molecule is COc1ccc2nc(C)cc(NC(=O)CN3CC(CNC4CCCC4)OC3=O)c2c1. The summed E-state index contributed by atoms with van der Waals surface area (Å²) in [6.45, 7) is 2.86. The number of nitrogens with one attached hydrogen (secondary N) is 2. The van der Waals surface area contributed by atoms with E-state index in [9.17, 15) is 9.59 Å². The second kappa shape index (κ2) is 8.87. The van der Waals surface area contributed by atoms with Crippen LogP contribution in [0.4, 0.5) is 10.5 Å². The summed E-state index contributed by atoms with van der Waals surface area (Å²) in [6, 6.07) is 7.86. The Morgan fingerprint density at radius 3 is 2.87 bits per heavy atom. The molecule has 0 spiro atoms. The second-order valence-corrected chi connectivity index (χ2v) is 8.02. The summed E-state index contributed by atoms with van der Waals surface area (Å²) in [7, 11) is 1.60. The molecule has 2 N–H and O–H groups in total. The highest BCUT2D eigenvalue weighted by Crippen LogP contribution is 2.27. The van der Waals surface area contributed by atoms with Crippen molar-refractivity contribution in [1.82, 2.24) is 15.2 Å². The first-order valence-corrected chi connectivity index (χ1v) is 10.5. The molecule has 1 aromatic carbocycles. The fourth-order valence-electron chi connectivity index (χ4n) is 4.17. The van der Waals surface area contributed by atoms with Crippen molar-refractivity contribution in [2.75, 3.05) is 32.1 Å². The summed E-state index contributed by atoms with van der Waals surface area (Å²) in [5, 5.41) is 7.18. The van der Waals surface area contributed by atoms with Crippen LogP contribution in [0.3, 0.4) is 0 Å². The number of aryl methyl sites for hydroxylation is 1. The number of fused-ring (bicyclic) bond motifs is 1. The smallest absolute Gasteiger partial charge is 0.410 e. The minimum absolute atomic E-state index is 0.0500. The predicted molar refractivity (Wildman–Crippen MR) is 114 cm³/mol. The molecule has 1 saturated heterocycles. The summed E-state index contributed by atoms with van der Waals surface area (Å²) in [5.74, 6) is 0.412. The molecule has 1 unspecified atom stereocenters. The fraction of sp³-hybridized carbons (Fsp3) is 0.500. The molecule has 0 radical (unpaired) electrons. The number of cyclic esters (lactones) is 1. The van der Waals surface area contributed by atoms with E-state index in [0.29, 0.717) is 30.6 Å². The van der Waals surface area contributed by atoms with E-state index >= 15 is 0 Å². The Morgan fingerprint density at radius 1 is 1.30 bits per heavy atom. The summed E-state index contributed by atoms with van der Waals surface area (Å²) in [5.41, 5.74) is 2.21.